The summed E-state index contributed by atoms with van der Waals surface area (Å²) in [6.07, 6.45) is 2.57. The van der Waals surface area contributed by atoms with E-state index in [2.05, 4.69) is 5.32 Å². The molecule has 0 aromatic heterocycles. The first kappa shape index (κ1) is 12.7. The third-order valence-corrected chi connectivity index (χ3v) is 2.96. The number of hydrogen-bond acceptors (Lipinski definition) is 4. The van der Waals surface area contributed by atoms with Gasteiger partial charge in [0.2, 0.25) is 0 Å². The Hall–Kier alpha value is -1.75. The zero-order valence-corrected chi connectivity index (χ0v) is 10.3. The molecular formula is C13H19N3O2. The highest BCUT2D eigenvalue weighted by Gasteiger charge is 2.20. The Balaban J connectivity index is 1.84. The van der Waals surface area contributed by atoms with Crippen molar-refractivity contribution in [3.8, 4) is 0 Å². The lowest BCUT2D eigenvalue weighted by Gasteiger charge is -2.12. The molecule has 0 saturated heterocycles. The molecule has 1 amide bonds. The Kier molecular flexibility index (Phi) is 4.04. The van der Waals surface area contributed by atoms with Gasteiger partial charge < -0.3 is 21.5 Å². The number of ether oxygens (including phenoxy) is 1. The van der Waals surface area contributed by atoms with Gasteiger partial charge in [0.1, 0.15) is 0 Å². The lowest BCUT2D eigenvalue weighted by molar-refractivity contribution is 0.100. The Labute approximate surface area is 106 Å². The minimum atomic E-state index is -0.483. The van der Waals surface area contributed by atoms with E-state index in [1.54, 1.807) is 18.2 Å². The number of nitrogens with one attached hydrogen (secondary N) is 1. The van der Waals surface area contributed by atoms with E-state index in [1.165, 1.54) is 12.8 Å². The second kappa shape index (κ2) is 5.73. The van der Waals surface area contributed by atoms with Gasteiger partial charge in [-0.2, -0.15) is 0 Å². The molecule has 5 N–H and O–H groups in total. The number of carbonyl (C=O) groups excluding carboxylic acids is 1. The van der Waals surface area contributed by atoms with Gasteiger partial charge in [0.05, 0.1) is 23.5 Å². The van der Waals surface area contributed by atoms with Crippen LogP contribution in [0.25, 0.3) is 0 Å². The number of amides is 1. The molecule has 0 heterocycles. The predicted molar refractivity (Wildman–Crippen MR) is 71.4 cm³/mol. The van der Waals surface area contributed by atoms with Crippen LogP contribution in [0.4, 0.5) is 11.4 Å². The van der Waals surface area contributed by atoms with E-state index < -0.39 is 5.91 Å². The van der Waals surface area contributed by atoms with Crippen LogP contribution < -0.4 is 16.8 Å². The van der Waals surface area contributed by atoms with Crippen molar-refractivity contribution >= 4 is 17.3 Å². The quantitative estimate of drug-likeness (QED) is 0.500. The van der Waals surface area contributed by atoms with Gasteiger partial charge in [0.25, 0.3) is 5.91 Å². The molecule has 0 aliphatic heterocycles. The zero-order valence-electron chi connectivity index (χ0n) is 10.3. The fourth-order valence-corrected chi connectivity index (χ4v) is 1.76. The molecule has 0 atom stereocenters. The van der Waals surface area contributed by atoms with Crippen LogP contribution in [0, 0.1) is 5.92 Å². The number of hydrogen-bond donors (Lipinski definition) is 3. The van der Waals surface area contributed by atoms with Gasteiger partial charge in [-0.1, -0.05) is 6.07 Å². The lowest BCUT2D eigenvalue weighted by Crippen LogP contribution is -2.18. The molecule has 1 aliphatic carbocycles. The Bertz CT molecular complexity index is 430. The molecule has 1 aromatic carbocycles. The van der Waals surface area contributed by atoms with E-state index in [0.717, 1.165) is 12.5 Å². The molecule has 0 spiro atoms. The van der Waals surface area contributed by atoms with E-state index in [4.69, 9.17) is 16.2 Å². The first-order chi connectivity index (χ1) is 8.68. The van der Waals surface area contributed by atoms with Crippen molar-refractivity contribution in [2.75, 3.05) is 30.8 Å². The summed E-state index contributed by atoms with van der Waals surface area (Å²) in [5.74, 6) is 0.275. The van der Waals surface area contributed by atoms with Gasteiger partial charge in [0, 0.05) is 13.2 Å². The van der Waals surface area contributed by atoms with E-state index >= 15 is 0 Å². The van der Waals surface area contributed by atoms with E-state index in [-0.39, 0.29) is 0 Å². The van der Waals surface area contributed by atoms with Gasteiger partial charge in [-0.05, 0) is 30.9 Å². The summed E-state index contributed by atoms with van der Waals surface area (Å²) in [5.41, 5.74) is 12.7. The Morgan fingerprint density at radius 3 is 2.89 bits per heavy atom. The normalized spacial score (nSPS) is 14.4. The van der Waals surface area contributed by atoms with Gasteiger partial charge in [-0.3, -0.25) is 4.79 Å². The Morgan fingerprint density at radius 2 is 2.22 bits per heavy atom. The van der Waals surface area contributed by atoms with E-state index in [1.807, 2.05) is 0 Å². The number of primary amides is 1. The molecule has 5 nitrogen and oxygen atoms in total. The summed E-state index contributed by atoms with van der Waals surface area (Å²) in [5, 5.41) is 3.11. The van der Waals surface area contributed by atoms with Crippen LogP contribution in [0.1, 0.15) is 23.2 Å². The molecule has 1 fully saturated rings. The smallest absolute Gasteiger partial charge is 0.250 e. The van der Waals surface area contributed by atoms with Crippen molar-refractivity contribution in [1.82, 2.24) is 0 Å². The number of benzene rings is 1. The zero-order chi connectivity index (χ0) is 13.0. The predicted octanol–water partition coefficient (Wildman–Crippen LogP) is 1.21. The monoisotopic (exact) mass is 249 g/mol. The molecule has 1 saturated carbocycles. The molecule has 98 valence electrons. The number of nitrogen functional groups attached to an aromatic ring is 1. The van der Waals surface area contributed by atoms with Crippen molar-refractivity contribution in [2.45, 2.75) is 12.8 Å². The topological polar surface area (TPSA) is 90.4 Å². The SMILES string of the molecule is NC(=O)c1cccc(N)c1NCCOCC1CC1. The average molecular weight is 249 g/mol. The molecule has 18 heavy (non-hydrogen) atoms. The highest BCUT2D eigenvalue weighted by atomic mass is 16.5. The first-order valence-corrected chi connectivity index (χ1v) is 6.18. The molecule has 1 aliphatic rings. The fraction of sp³-hybridized carbons (Fsp3) is 0.462. The summed E-state index contributed by atoms with van der Waals surface area (Å²) in [6.45, 7) is 2.04. The van der Waals surface area contributed by atoms with Crippen molar-refractivity contribution in [2.24, 2.45) is 11.7 Å². The van der Waals surface area contributed by atoms with Gasteiger partial charge in [0.15, 0.2) is 0 Å². The van der Waals surface area contributed by atoms with Crippen molar-refractivity contribution in [3.05, 3.63) is 23.8 Å². The van der Waals surface area contributed by atoms with Crippen LogP contribution >= 0.6 is 0 Å². The summed E-state index contributed by atoms with van der Waals surface area (Å²) < 4.78 is 5.50. The van der Waals surface area contributed by atoms with Crippen LogP contribution in [0.5, 0.6) is 0 Å². The van der Waals surface area contributed by atoms with Crippen LogP contribution in [0.15, 0.2) is 18.2 Å². The Morgan fingerprint density at radius 1 is 1.44 bits per heavy atom. The van der Waals surface area contributed by atoms with Crippen molar-refractivity contribution < 1.29 is 9.53 Å². The highest BCUT2D eigenvalue weighted by molar-refractivity contribution is 6.01. The summed E-state index contributed by atoms with van der Waals surface area (Å²) in [6, 6.07) is 5.11. The summed E-state index contributed by atoms with van der Waals surface area (Å²) in [7, 11) is 0. The third-order valence-electron chi connectivity index (χ3n) is 2.96. The molecule has 0 bridgehead atoms. The molecule has 0 radical (unpaired) electrons. The molecule has 5 heteroatoms. The molecule has 1 aromatic rings. The van der Waals surface area contributed by atoms with Crippen LogP contribution in [0.3, 0.4) is 0 Å². The average Bonchev–Trinajstić information content (AvgIpc) is 3.14. The maximum Gasteiger partial charge on any atom is 0.250 e. The van der Waals surface area contributed by atoms with Crippen LogP contribution in [0.2, 0.25) is 0 Å². The lowest BCUT2D eigenvalue weighted by atomic mass is 10.1. The second-order valence-electron chi connectivity index (χ2n) is 4.58. The number of anilines is 2. The molecular weight excluding hydrogens is 230 g/mol. The van der Waals surface area contributed by atoms with E-state index in [9.17, 15) is 4.79 Å². The number of rotatable bonds is 7. The summed E-state index contributed by atoms with van der Waals surface area (Å²) >= 11 is 0. The minimum absolute atomic E-state index is 0.414. The summed E-state index contributed by atoms with van der Waals surface area (Å²) in [4.78, 5) is 11.3. The van der Waals surface area contributed by atoms with Crippen molar-refractivity contribution in [3.63, 3.8) is 0 Å². The second-order valence-corrected chi connectivity index (χ2v) is 4.58. The van der Waals surface area contributed by atoms with Crippen molar-refractivity contribution in [1.29, 1.82) is 0 Å². The minimum Gasteiger partial charge on any atom is -0.397 e. The number of nitrogens with two attached hydrogens (primary N) is 2. The van der Waals surface area contributed by atoms with Crippen LogP contribution in [-0.2, 0) is 4.74 Å². The van der Waals surface area contributed by atoms with Crippen LogP contribution in [-0.4, -0.2) is 25.7 Å². The number of carbonyl (C=O) groups is 1. The standard InChI is InChI=1S/C13H19N3O2/c14-11-3-1-2-10(13(15)17)12(11)16-6-7-18-8-9-4-5-9/h1-3,9,16H,4-8,14H2,(H2,15,17). The molecule has 0 unspecified atom stereocenters. The maximum absolute atomic E-state index is 11.3. The molecule has 2 rings (SSSR count). The maximum atomic E-state index is 11.3. The third kappa shape index (κ3) is 3.37. The highest BCUT2D eigenvalue weighted by Crippen LogP contribution is 2.28. The van der Waals surface area contributed by atoms with E-state index in [0.29, 0.717) is 30.1 Å². The number of para-hydroxylation sites is 1. The van der Waals surface area contributed by atoms with Gasteiger partial charge in [-0.15, -0.1) is 0 Å². The largest absolute Gasteiger partial charge is 0.397 e. The van der Waals surface area contributed by atoms with Gasteiger partial charge >= 0.3 is 0 Å². The van der Waals surface area contributed by atoms with Gasteiger partial charge in [-0.25, -0.2) is 0 Å². The fourth-order valence-electron chi connectivity index (χ4n) is 1.76. The first-order valence-electron chi connectivity index (χ1n) is 6.18.